The molecule has 0 saturated heterocycles. The molecule has 108 valence electrons. The Labute approximate surface area is 117 Å². The molecule has 0 aliphatic heterocycles. The highest BCUT2D eigenvalue weighted by molar-refractivity contribution is 5.32. The molecule has 0 unspecified atom stereocenters. The third-order valence-electron chi connectivity index (χ3n) is 2.94. The summed E-state index contributed by atoms with van der Waals surface area (Å²) in [4.78, 5) is 0. The lowest BCUT2D eigenvalue weighted by Gasteiger charge is -2.09. The van der Waals surface area contributed by atoms with Crippen LogP contribution in [0.1, 0.15) is 45.4 Å². The zero-order chi connectivity index (χ0) is 13.8. The zero-order valence-electron chi connectivity index (χ0n) is 12.1. The maximum absolute atomic E-state index is 5.72. The van der Waals surface area contributed by atoms with Gasteiger partial charge in [0.15, 0.2) is 0 Å². The number of hydrogen-bond donors (Lipinski definition) is 1. The first-order valence-electron chi connectivity index (χ1n) is 7.42. The van der Waals surface area contributed by atoms with Gasteiger partial charge in [-0.25, -0.2) is 0 Å². The lowest BCUT2D eigenvalue weighted by Crippen LogP contribution is -2.03. The Bertz CT molecular complexity index is 328. The fraction of sp³-hybridized carbons (Fsp3) is 0.625. The predicted octanol–water partition coefficient (Wildman–Crippen LogP) is 3.76. The lowest BCUT2D eigenvalue weighted by atomic mass is 10.2. The van der Waals surface area contributed by atoms with E-state index < -0.39 is 0 Å². The normalized spacial score (nSPS) is 10.4. The summed E-state index contributed by atoms with van der Waals surface area (Å²) in [5.74, 6) is 1.77. The molecule has 3 nitrogen and oxygen atoms in total. The molecule has 2 N–H and O–H groups in total. The lowest BCUT2D eigenvalue weighted by molar-refractivity contribution is 0.291. The Morgan fingerprint density at radius 1 is 0.895 bits per heavy atom. The van der Waals surface area contributed by atoms with E-state index in [1.165, 1.54) is 19.3 Å². The van der Waals surface area contributed by atoms with Gasteiger partial charge in [-0.05, 0) is 37.9 Å². The van der Waals surface area contributed by atoms with Gasteiger partial charge in [0.25, 0.3) is 0 Å². The molecule has 0 radical (unpaired) electrons. The molecule has 0 aliphatic carbocycles. The van der Waals surface area contributed by atoms with Crippen molar-refractivity contribution < 1.29 is 9.47 Å². The second-order valence-corrected chi connectivity index (χ2v) is 4.73. The number of ether oxygens (including phenoxy) is 2. The van der Waals surface area contributed by atoms with Crippen LogP contribution in [0.15, 0.2) is 24.3 Å². The summed E-state index contributed by atoms with van der Waals surface area (Å²) < 4.78 is 11.4. The van der Waals surface area contributed by atoms with Gasteiger partial charge in [-0.1, -0.05) is 32.3 Å². The third kappa shape index (κ3) is 7.73. The van der Waals surface area contributed by atoms with Crippen LogP contribution in [0, 0.1) is 0 Å². The second kappa shape index (κ2) is 10.7. The second-order valence-electron chi connectivity index (χ2n) is 4.73. The molecule has 0 heterocycles. The van der Waals surface area contributed by atoms with Crippen molar-refractivity contribution in [3.8, 4) is 11.5 Å². The summed E-state index contributed by atoms with van der Waals surface area (Å²) in [6.45, 7) is 4.45. The van der Waals surface area contributed by atoms with Gasteiger partial charge in [-0.3, -0.25) is 0 Å². The van der Waals surface area contributed by atoms with Gasteiger partial charge in [0.1, 0.15) is 11.5 Å². The maximum atomic E-state index is 5.72. The van der Waals surface area contributed by atoms with Gasteiger partial charge in [0.05, 0.1) is 13.2 Å². The highest BCUT2D eigenvalue weighted by Crippen LogP contribution is 2.20. The maximum Gasteiger partial charge on any atom is 0.122 e. The van der Waals surface area contributed by atoms with Crippen molar-refractivity contribution in [2.75, 3.05) is 19.8 Å². The van der Waals surface area contributed by atoms with E-state index in [0.29, 0.717) is 0 Å². The standard InChI is InChI=1S/C16H27NO2/c1-2-3-4-6-12-18-15-9-8-10-16(14-15)19-13-7-5-11-17/h8-10,14H,2-7,11-13,17H2,1H3. The molecule has 0 spiro atoms. The van der Waals surface area contributed by atoms with Crippen molar-refractivity contribution in [1.29, 1.82) is 0 Å². The topological polar surface area (TPSA) is 44.5 Å². The van der Waals surface area contributed by atoms with Gasteiger partial charge in [0, 0.05) is 6.07 Å². The van der Waals surface area contributed by atoms with Crippen LogP contribution in [-0.2, 0) is 0 Å². The zero-order valence-corrected chi connectivity index (χ0v) is 12.1. The molecule has 0 aromatic heterocycles. The molecule has 1 rings (SSSR count). The highest BCUT2D eigenvalue weighted by Gasteiger charge is 1.98. The summed E-state index contributed by atoms with van der Waals surface area (Å²) in [7, 11) is 0. The summed E-state index contributed by atoms with van der Waals surface area (Å²) in [5, 5.41) is 0. The van der Waals surface area contributed by atoms with Crippen LogP contribution in [0.4, 0.5) is 0 Å². The van der Waals surface area contributed by atoms with Gasteiger partial charge >= 0.3 is 0 Å². The molecule has 1 aromatic carbocycles. The number of hydrogen-bond acceptors (Lipinski definition) is 3. The Morgan fingerprint density at radius 3 is 2.11 bits per heavy atom. The Balaban J connectivity index is 2.23. The molecular weight excluding hydrogens is 238 g/mol. The average Bonchev–Trinajstić information content (AvgIpc) is 2.44. The van der Waals surface area contributed by atoms with Crippen LogP contribution in [0.2, 0.25) is 0 Å². The largest absolute Gasteiger partial charge is 0.493 e. The van der Waals surface area contributed by atoms with E-state index in [4.69, 9.17) is 15.2 Å². The van der Waals surface area contributed by atoms with Gasteiger partial charge < -0.3 is 15.2 Å². The van der Waals surface area contributed by atoms with Crippen molar-refractivity contribution in [2.24, 2.45) is 5.73 Å². The predicted molar refractivity (Wildman–Crippen MR) is 79.9 cm³/mol. The van der Waals surface area contributed by atoms with Crippen molar-refractivity contribution in [1.82, 2.24) is 0 Å². The van der Waals surface area contributed by atoms with Gasteiger partial charge in [0.2, 0.25) is 0 Å². The number of rotatable bonds is 11. The SMILES string of the molecule is CCCCCCOc1cccc(OCCCCN)c1. The number of nitrogens with two attached hydrogens (primary N) is 1. The quantitative estimate of drug-likeness (QED) is 0.619. The molecule has 0 fully saturated rings. The third-order valence-corrected chi connectivity index (χ3v) is 2.94. The van der Waals surface area contributed by atoms with Crippen LogP contribution in [-0.4, -0.2) is 19.8 Å². The van der Waals surface area contributed by atoms with E-state index in [2.05, 4.69) is 6.92 Å². The molecular formula is C16H27NO2. The first-order valence-corrected chi connectivity index (χ1v) is 7.42. The molecule has 0 atom stereocenters. The molecule has 0 amide bonds. The van der Waals surface area contributed by atoms with Crippen LogP contribution in [0.25, 0.3) is 0 Å². The van der Waals surface area contributed by atoms with Crippen LogP contribution in [0.5, 0.6) is 11.5 Å². The van der Waals surface area contributed by atoms with Gasteiger partial charge in [-0.2, -0.15) is 0 Å². The first kappa shape index (κ1) is 15.8. The fourth-order valence-electron chi connectivity index (χ4n) is 1.81. The van der Waals surface area contributed by atoms with Crippen molar-refractivity contribution in [2.45, 2.75) is 45.4 Å². The van der Waals surface area contributed by atoms with Gasteiger partial charge in [-0.15, -0.1) is 0 Å². The molecule has 19 heavy (non-hydrogen) atoms. The number of unbranched alkanes of at least 4 members (excludes halogenated alkanes) is 4. The molecule has 3 heteroatoms. The Morgan fingerprint density at radius 2 is 1.53 bits per heavy atom. The van der Waals surface area contributed by atoms with Crippen molar-refractivity contribution in [3.05, 3.63) is 24.3 Å². The first-order chi connectivity index (χ1) is 9.36. The van der Waals surface area contributed by atoms with Crippen LogP contribution >= 0.6 is 0 Å². The minimum absolute atomic E-state index is 0.719. The van der Waals surface area contributed by atoms with Crippen LogP contribution in [0.3, 0.4) is 0 Å². The van der Waals surface area contributed by atoms with Crippen molar-refractivity contribution >= 4 is 0 Å². The summed E-state index contributed by atoms with van der Waals surface area (Å²) in [6, 6.07) is 7.88. The van der Waals surface area contributed by atoms with E-state index in [-0.39, 0.29) is 0 Å². The summed E-state index contributed by atoms with van der Waals surface area (Å²) >= 11 is 0. The van der Waals surface area contributed by atoms with Crippen LogP contribution < -0.4 is 15.2 Å². The van der Waals surface area contributed by atoms with E-state index in [0.717, 1.165) is 50.5 Å². The minimum atomic E-state index is 0.719. The smallest absolute Gasteiger partial charge is 0.122 e. The van der Waals surface area contributed by atoms with Crippen molar-refractivity contribution in [3.63, 3.8) is 0 Å². The summed E-state index contributed by atoms with van der Waals surface area (Å²) in [5.41, 5.74) is 5.45. The number of benzene rings is 1. The molecule has 0 bridgehead atoms. The van der Waals surface area contributed by atoms with E-state index >= 15 is 0 Å². The fourth-order valence-corrected chi connectivity index (χ4v) is 1.81. The van der Waals surface area contributed by atoms with E-state index in [1.54, 1.807) is 0 Å². The minimum Gasteiger partial charge on any atom is -0.493 e. The van der Waals surface area contributed by atoms with E-state index in [1.807, 2.05) is 24.3 Å². The summed E-state index contributed by atoms with van der Waals surface area (Å²) in [6.07, 6.45) is 6.91. The molecule has 0 aliphatic rings. The Hall–Kier alpha value is -1.22. The van der Waals surface area contributed by atoms with E-state index in [9.17, 15) is 0 Å². The highest BCUT2D eigenvalue weighted by atomic mass is 16.5. The molecule has 0 saturated carbocycles. The average molecular weight is 265 g/mol. The monoisotopic (exact) mass is 265 g/mol. The molecule has 1 aromatic rings. The Kier molecular flexibility index (Phi) is 8.90.